The summed E-state index contributed by atoms with van der Waals surface area (Å²) in [7, 11) is 0. The third kappa shape index (κ3) is 2.74. The molecule has 2 atom stereocenters. The second kappa shape index (κ2) is 5.74. The SMILES string of the molecule is O=C(NCC1CNCC1O)c1csc(-c2ccoc2)n1. The van der Waals surface area contributed by atoms with E-state index in [4.69, 9.17) is 4.42 Å². The van der Waals surface area contributed by atoms with Crippen LogP contribution in [0.4, 0.5) is 0 Å². The van der Waals surface area contributed by atoms with Crippen molar-refractivity contribution in [2.24, 2.45) is 5.92 Å². The fraction of sp³-hybridized carbons (Fsp3) is 0.385. The quantitative estimate of drug-likeness (QED) is 0.773. The van der Waals surface area contributed by atoms with Crippen LogP contribution in [0.5, 0.6) is 0 Å². The van der Waals surface area contributed by atoms with Crippen molar-refractivity contribution in [1.29, 1.82) is 0 Å². The maximum atomic E-state index is 12.0. The van der Waals surface area contributed by atoms with Gasteiger partial charge >= 0.3 is 0 Å². The third-order valence-corrected chi connectivity index (χ3v) is 4.23. The van der Waals surface area contributed by atoms with Crippen LogP contribution in [0.15, 0.2) is 28.4 Å². The minimum Gasteiger partial charge on any atom is -0.472 e. The summed E-state index contributed by atoms with van der Waals surface area (Å²) < 4.78 is 5.00. The van der Waals surface area contributed by atoms with E-state index >= 15 is 0 Å². The lowest BCUT2D eigenvalue weighted by Gasteiger charge is -2.13. The minimum absolute atomic E-state index is 0.0610. The molecule has 0 radical (unpaired) electrons. The van der Waals surface area contributed by atoms with Crippen molar-refractivity contribution in [3.8, 4) is 10.6 Å². The van der Waals surface area contributed by atoms with Gasteiger partial charge in [0.1, 0.15) is 17.0 Å². The van der Waals surface area contributed by atoms with Gasteiger partial charge in [0.25, 0.3) is 5.91 Å². The Bertz CT molecular complexity index is 581. The van der Waals surface area contributed by atoms with Crippen LogP contribution in [-0.4, -0.2) is 41.7 Å². The van der Waals surface area contributed by atoms with Crippen molar-refractivity contribution in [1.82, 2.24) is 15.6 Å². The van der Waals surface area contributed by atoms with Gasteiger partial charge in [-0.3, -0.25) is 4.79 Å². The van der Waals surface area contributed by atoms with Crippen molar-refractivity contribution in [3.05, 3.63) is 29.7 Å². The van der Waals surface area contributed by atoms with Crippen LogP contribution in [0.25, 0.3) is 10.6 Å². The lowest BCUT2D eigenvalue weighted by Crippen LogP contribution is -2.34. The first-order valence-corrected chi connectivity index (χ1v) is 7.27. The fourth-order valence-corrected chi connectivity index (χ4v) is 2.92. The number of carbonyl (C=O) groups is 1. The number of aliphatic hydroxyl groups is 1. The first kappa shape index (κ1) is 13.3. The second-order valence-corrected chi connectivity index (χ2v) is 5.60. The number of aliphatic hydroxyl groups excluding tert-OH is 1. The third-order valence-electron chi connectivity index (χ3n) is 3.33. The molecule has 3 N–H and O–H groups in total. The largest absolute Gasteiger partial charge is 0.472 e. The smallest absolute Gasteiger partial charge is 0.270 e. The highest BCUT2D eigenvalue weighted by atomic mass is 32.1. The Labute approximate surface area is 119 Å². The molecule has 1 fully saturated rings. The van der Waals surface area contributed by atoms with E-state index in [0.29, 0.717) is 18.8 Å². The summed E-state index contributed by atoms with van der Waals surface area (Å²) in [5, 5.41) is 18.0. The zero-order valence-corrected chi connectivity index (χ0v) is 11.5. The molecule has 106 valence electrons. The molecule has 3 heterocycles. The second-order valence-electron chi connectivity index (χ2n) is 4.75. The Morgan fingerprint density at radius 3 is 3.20 bits per heavy atom. The Kier molecular flexibility index (Phi) is 3.81. The predicted molar refractivity (Wildman–Crippen MR) is 74.5 cm³/mol. The summed E-state index contributed by atoms with van der Waals surface area (Å²) in [5.74, 6) is -0.152. The summed E-state index contributed by atoms with van der Waals surface area (Å²) in [4.78, 5) is 16.3. The lowest BCUT2D eigenvalue weighted by atomic mass is 10.1. The van der Waals surface area contributed by atoms with E-state index in [9.17, 15) is 9.90 Å². The molecule has 1 amide bonds. The highest BCUT2D eigenvalue weighted by Crippen LogP contribution is 2.23. The van der Waals surface area contributed by atoms with Crippen LogP contribution in [-0.2, 0) is 0 Å². The van der Waals surface area contributed by atoms with Gasteiger partial charge < -0.3 is 20.2 Å². The number of thiazole rings is 1. The van der Waals surface area contributed by atoms with Crippen LogP contribution in [0.2, 0.25) is 0 Å². The molecule has 7 heteroatoms. The molecule has 2 unspecified atom stereocenters. The normalized spacial score (nSPS) is 22.1. The maximum Gasteiger partial charge on any atom is 0.270 e. The van der Waals surface area contributed by atoms with Gasteiger partial charge in [0.05, 0.1) is 12.4 Å². The molecule has 20 heavy (non-hydrogen) atoms. The maximum absolute atomic E-state index is 12.0. The Morgan fingerprint density at radius 1 is 1.60 bits per heavy atom. The van der Waals surface area contributed by atoms with Crippen LogP contribution in [0.3, 0.4) is 0 Å². The molecule has 1 aliphatic rings. The molecule has 3 rings (SSSR count). The van der Waals surface area contributed by atoms with E-state index in [1.807, 2.05) is 0 Å². The summed E-state index contributed by atoms with van der Waals surface area (Å²) in [6.45, 7) is 1.76. The Hall–Kier alpha value is -1.70. The topological polar surface area (TPSA) is 87.4 Å². The number of aromatic nitrogens is 1. The van der Waals surface area contributed by atoms with E-state index in [2.05, 4.69) is 15.6 Å². The molecule has 0 aliphatic carbocycles. The standard InChI is InChI=1S/C13H15N3O3S/c17-11-5-14-3-9(11)4-15-12(18)10-7-20-13(16-10)8-1-2-19-6-8/h1-2,6-7,9,11,14,17H,3-5H2,(H,15,18). The summed E-state index contributed by atoms with van der Waals surface area (Å²) in [6.07, 6.45) is 2.78. The zero-order valence-electron chi connectivity index (χ0n) is 10.7. The van der Waals surface area contributed by atoms with E-state index in [1.165, 1.54) is 11.3 Å². The Balaban J connectivity index is 1.60. The van der Waals surface area contributed by atoms with Crippen molar-refractivity contribution < 1.29 is 14.3 Å². The molecule has 0 aromatic carbocycles. The molecule has 1 saturated heterocycles. The lowest BCUT2D eigenvalue weighted by molar-refractivity contribution is 0.0923. The molecular formula is C13H15N3O3S. The molecule has 0 bridgehead atoms. The molecule has 0 spiro atoms. The Morgan fingerprint density at radius 2 is 2.50 bits per heavy atom. The summed E-state index contributed by atoms with van der Waals surface area (Å²) in [5.41, 5.74) is 1.26. The first-order chi connectivity index (χ1) is 9.74. The average Bonchev–Trinajstić information content (AvgIpc) is 3.17. The fourth-order valence-electron chi connectivity index (χ4n) is 2.14. The highest BCUT2D eigenvalue weighted by Gasteiger charge is 2.25. The molecule has 2 aromatic rings. The van der Waals surface area contributed by atoms with Crippen LogP contribution in [0, 0.1) is 5.92 Å². The number of amides is 1. The number of β-amino-alcohol motifs (C(OH)–C–C–N with tert-alkyl or cyclic N) is 1. The predicted octanol–water partition coefficient (Wildman–Crippen LogP) is 0.713. The van der Waals surface area contributed by atoms with E-state index < -0.39 is 6.10 Å². The number of rotatable bonds is 4. The van der Waals surface area contributed by atoms with Gasteiger partial charge in [0, 0.05) is 36.5 Å². The molecular weight excluding hydrogens is 278 g/mol. The van der Waals surface area contributed by atoms with Gasteiger partial charge in [-0.1, -0.05) is 0 Å². The van der Waals surface area contributed by atoms with Gasteiger partial charge in [0.2, 0.25) is 0 Å². The van der Waals surface area contributed by atoms with Gasteiger partial charge in [-0.25, -0.2) is 4.98 Å². The van der Waals surface area contributed by atoms with Gasteiger partial charge in [-0.2, -0.15) is 0 Å². The van der Waals surface area contributed by atoms with Crippen molar-refractivity contribution in [3.63, 3.8) is 0 Å². The monoisotopic (exact) mass is 293 g/mol. The summed E-state index contributed by atoms with van der Waals surface area (Å²) >= 11 is 1.40. The number of nitrogens with zero attached hydrogens (tertiary/aromatic N) is 1. The van der Waals surface area contributed by atoms with Crippen molar-refractivity contribution in [2.75, 3.05) is 19.6 Å². The number of hydrogen-bond acceptors (Lipinski definition) is 6. The highest BCUT2D eigenvalue weighted by molar-refractivity contribution is 7.13. The van der Waals surface area contributed by atoms with Crippen LogP contribution < -0.4 is 10.6 Å². The van der Waals surface area contributed by atoms with E-state index in [-0.39, 0.29) is 11.8 Å². The van der Waals surface area contributed by atoms with Crippen molar-refractivity contribution in [2.45, 2.75) is 6.10 Å². The van der Waals surface area contributed by atoms with E-state index in [1.54, 1.807) is 24.0 Å². The van der Waals surface area contributed by atoms with Gasteiger partial charge in [0.15, 0.2) is 0 Å². The molecule has 2 aromatic heterocycles. The molecule has 0 saturated carbocycles. The number of hydrogen-bond donors (Lipinski definition) is 3. The minimum atomic E-state index is -0.396. The zero-order chi connectivity index (χ0) is 13.9. The summed E-state index contributed by atoms with van der Waals surface area (Å²) in [6, 6.07) is 1.81. The van der Waals surface area contributed by atoms with Crippen LogP contribution >= 0.6 is 11.3 Å². The number of furan rings is 1. The average molecular weight is 293 g/mol. The molecule has 6 nitrogen and oxygen atoms in total. The van der Waals surface area contributed by atoms with Crippen molar-refractivity contribution >= 4 is 17.2 Å². The number of nitrogens with one attached hydrogen (secondary N) is 2. The van der Waals surface area contributed by atoms with Gasteiger partial charge in [-0.05, 0) is 6.07 Å². The number of carbonyl (C=O) groups excluding carboxylic acids is 1. The van der Waals surface area contributed by atoms with Crippen LogP contribution in [0.1, 0.15) is 10.5 Å². The first-order valence-electron chi connectivity index (χ1n) is 6.39. The van der Waals surface area contributed by atoms with E-state index in [0.717, 1.165) is 17.1 Å². The van der Waals surface area contributed by atoms with Gasteiger partial charge in [-0.15, -0.1) is 11.3 Å². The molecule has 1 aliphatic heterocycles.